The molecule has 0 aromatic carbocycles. The number of carbonyl (C=O) groups is 1. The van der Waals surface area contributed by atoms with Crippen molar-refractivity contribution in [2.45, 2.75) is 31.8 Å². The van der Waals surface area contributed by atoms with Gasteiger partial charge in [0.15, 0.2) is 11.9 Å². The Morgan fingerprint density at radius 3 is 2.69 bits per heavy atom. The molecule has 1 aliphatic rings. The van der Waals surface area contributed by atoms with Crippen molar-refractivity contribution in [1.82, 2.24) is 0 Å². The zero-order valence-corrected chi connectivity index (χ0v) is 9.80. The van der Waals surface area contributed by atoms with Crippen LogP contribution in [0.3, 0.4) is 0 Å². The van der Waals surface area contributed by atoms with Crippen molar-refractivity contribution in [1.29, 1.82) is 0 Å². The minimum Gasteiger partial charge on any atom is -0.467 e. The van der Waals surface area contributed by atoms with Gasteiger partial charge in [-0.05, 0) is 13.8 Å². The van der Waals surface area contributed by atoms with E-state index in [1.165, 1.54) is 13.2 Å². The highest BCUT2D eigenvalue weighted by molar-refractivity contribution is 5.75. The minimum absolute atomic E-state index is 0.317. The lowest BCUT2D eigenvalue weighted by molar-refractivity contribution is -0.162. The third-order valence-corrected chi connectivity index (χ3v) is 2.54. The van der Waals surface area contributed by atoms with Crippen LogP contribution in [0, 0.1) is 5.92 Å². The maximum atomic E-state index is 11.2. The van der Waals surface area contributed by atoms with Crippen LogP contribution in [0.5, 0.6) is 0 Å². The van der Waals surface area contributed by atoms with E-state index < -0.39 is 23.8 Å². The fourth-order valence-electron chi connectivity index (χ4n) is 1.67. The molecule has 0 aromatic rings. The largest absolute Gasteiger partial charge is 0.467 e. The first kappa shape index (κ1) is 13.2. The molecule has 1 N–H and O–H groups in total. The monoisotopic (exact) mass is 230 g/mol. The number of methoxy groups -OCH3 is 1. The topological polar surface area (TPSA) is 65.0 Å². The number of hydrogen-bond donors (Lipinski definition) is 1. The Kier molecular flexibility index (Phi) is 4.07. The van der Waals surface area contributed by atoms with Crippen LogP contribution in [-0.2, 0) is 19.0 Å². The van der Waals surface area contributed by atoms with Gasteiger partial charge in [-0.1, -0.05) is 6.08 Å². The Labute approximate surface area is 95.0 Å². The predicted octanol–water partition coefficient (Wildman–Crippen LogP) is 0.474. The van der Waals surface area contributed by atoms with Crippen LogP contribution in [0.15, 0.2) is 12.7 Å². The van der Waals surface area contributed by atoms with Crippen molar-refractivity contribution >= 4 is 5.97 Å². The summed E-state index contributed by atoms with van der Waals surface area (Å²) in [5.74, 6) is -1.92. The van der Waals surface area contributed by atoms with E-state index in [2.05, 4.69) is 11.3 Å². The standard InChI is InChI=1S/C11H18O5/c1-5-7(9(12)10(13)14-4)8-6-15-11(2,3)16-8/h5,7-9,12H,1,6H2,2-4H3/t7-,8+,9+/m0/s1. The summed E-state index contributed by atoms with van der Waals surface area (Å²) >= 11 is 0. The molecule has 0 spiro atoms. The van der Waals surface area contributed by atoms with Gasteiger partial charge in [0, 0.05) is 5.92 Å². The molecule has 0 unspecified atom stereocenters. The number of rotatable bonds is 4. The fraction of sp³-hybridized carbons (Fsp3) is 0.727. The van der Waals surface area contributed by atoms with Crippen LogP contribution in [0.4, 0.5) is 0 Å². The molecule has 0 saturated carbocycles. The second-order valence-corrected chi connectivity index (χ2v) is 4.15. The number of aliphatic hydroxyl groups is 1. The third kappa shape index (κ3) is 2.81. The lowest BCUT2D eigenvalue weighted by Crippen LogP contribution is -2.38. The molecule has 1 heterocycles. The number of esters is 1. The second-order valence-electron chi connectivity index (χ2n) is 4.15. The molecule has 3 atom stereocenters. The SMILES string of the molecule is C=C[C@@H]([C@H]1COC(C)(C)O1)[C@@H](O)C(=O)OC. The lowest BCUT2D eigenvalue weighted by Gasteiger charge is -2.24. The van der Waals surface area contributed by atoms with Crippen molar-refractivity contribution in [3.05, 3.63) is 12.7 Å². The maximum absolute atomic E-state index is 11.2. The van der Waals surface area contributed by atoms with Gasteiger partial charge in [0.2, 0.25) is 0 Å². The van der Waals surface area contributed by atoms with E-state index in [-0.39, 0.29) is 6.10 Å². The van der Waals surface area contributed by atoms with E-state index >= 15 is 0 Å². The van der Waals surface area contributed by atoms with E-state index in [0.29, 0.717) is 6.61 Å². The van der Waals surface area contributed by atoms with E-state index in [1.807, 2.05) is 0 Å². The first-order valence-corrected chi connectivity index (χ1v) is 5.11. The van der Waals surface area contributed by atoms with Gasteiger partial charge in [0.05, 0.1) is 19.8 Å². The molecule has 0 aliphatic carbocycles. The third-order valence-electron chi connectivity index (χ3n) is 2.54. The summed E-state index contributed by atoms with van der Waals surface area (Å²) in [5, 5.41) is 9.73. The quantitative estimate of drug-likeness (QED) is 0.562. The molecule has 0 aromatic heterocycles. The highest BCUT2D eigenvalue weighted by Gasteiger charge is 2.41. The van der Waals surface area contributed by atoms with Crippen molar-refractivity contribution in [3.63, 3.8) is 0 Å². The van der Waals surface area contributed by atoms with Gasteiger partial charge in [0.1, 0.15) is 0 Å². The van der Waals surface area contributed by atoms with E-state index in [4.69, 9.17) is 9.47 Å². The fourth-order valence-corrected chi connectivity index (χ4v) is 1.67. The maximum Gasteiger partial charge on any atom is 0.335 e. The Morgan fingerprint density at radius 2 is 2.31 bits per heavy atom. The summed E-state index contributed by atoms with van der Waals surface area (Å²) in [5.41, 5.74) is 0. The van der Waals surface area contributed by atoms with Crippen LogP contribution in [0.25, 0.3) is 0 Å². The van der Waals surface area contributed by atoms with Crippen LogP contribution in [0.1, 0.15) is 13.8 Å². The molecule has 1 rings (SSSR count). The highest BCUT2D eigenvalue weighted by atomic mass is 16.7. The molecular formula is C11H18O5. The molecule has 0 bridgehead atoms. The van der Waals surface area contributed by atoms with Crippen LogP contribution in [0.2, 0.25) is 0 Å². The molecule has 1 fully saturated rings. The first-order valence-electron chi connectivity index (χ1n) is 5.11. The number of carbonyl (C=O) groups excluding carboxylic acids is 1. The molecule has 1 saturated heterocycles. The van der Waals surface area contributed by atoms with E-state index in [9.17, 15) is 9.90 Å². The summed E-state index contributed by atoms with van der Waals surface area (Å²) in [4.78, 5) is 11.2. The first-order chi connectivity index (χ1) is 7.41. The van der Waals surface area contributed by atoms with Gasteiger partial charge in [-0.25, -0.2) is 4.79 Å². The Bertz CT molecular complexity index is 274. The molecular weight excluding hydrogens is 212 g/mol. The molecule has 5 nitrogen and oxygen atoms in total. The zero-order chi connectivity index (χ0) is 12.3. The Hall–Kier alpha value is -0.910. The van der Waals surface area contributed by atoms with Crippen molar-refractivity contribution in [2.24, 2.45) is 5.92 Å². The second kappa shape index (κ2) is 4.95. The zero-order valence-electron chi connectivity index (χ0n) is 9.80. The average molecular weight is 230 g/mol. The summed E-state index contributed by atoms with van der Waals surface area (Å²) in [6.45, 7) is 7.46. The predicted molar refractivity (Wildman–Crippen MR) is 56.6 cm³/mol. The van der Waals surface area contributed by atoms with Crippen molar-refractivity contribution in [3.8, 4) is 0 Å². The molecule has 92 valence electrons. The summed E-state index contributed by atoms with van der Waals surface area (Å²) in [7, 11) is 1.22. The van der Waals surface area contributed by atoms with Gasteiger partial charge in [-0.2, -0.15) is 0 Å². The average Bonchev–Trinajstić information content (AvgIpc) is 2.58. The van der Waals surface area contributed by atoms with Crippen LogP contribution < -0.4 is 0 Å². The number of ether oxygens (including phenoxy) is 3. The van der Waals surface area contributed by atoms with Gasteiger partial charge in [0.25, 0.3) is 0 Å². The molecule has 0 amide bonds. The Balaban J connectivity index is 2.69. The van der Waals surface area contributed by atoms with Gasteiger partial charge >= 0.3 is 5.97 Å². The minimum atomic E-state index is -1.27. The smallest absolute Gasteiger partial charge is 0.335 e. The summed E-state index contributed by atoms with van der Waals surface area (Å²) in [6.07, 6.45) is -0.177. The molecule has 5 heteroatoms. The molecule has 1 aliphatic heterocycles. The lowest BCUT2D eigenvalue weighted by atomic mass is 9.96. The Morgan fingerprint density at radius 1 is 1.69 bits per heavy atom. The van der Waals surface area contributed by atoms with Gasteiger partial charge < -0.3 is 19.3 Å². The van der Waals surface area contributed by atoms with Crippen LogP contribution in [-0.4, -0.2) is 42.8 Å². The van der Waals surface area contributed by atoms with E-state index in [1.54, 1.807) is 13.8 Å². The molecule has 0 radical (unpaired) electrons. The summed E-state index contributed by atoms with van der Waals surface area (Å²) < 4.78 is 15.4. The normalized spacial score (nSPS) is 27.1. The van der Waals surface area contributed by atoms with Crippen LogP contribution >= 0.6 is 0 Å². The number of hydrogen-bond acceptors (Lipinski definition) is 5. The summed E-state index contributed by atoms with van der Waals surface area (Å²) in [6, 6.07) is 0. The van der Waals surface area contributed by atoms with Crippen molar-refractivity contribution in [2.75, 3.05) is 13.7 Å². The molecule has 16 heavy (non-hydrogen) atoms. The van der Waals surface area contributed by atoms with Gasteiger partial charge in [-0.3, -0.25) is 0 Å². The van der Waals surface area contributed by atoms with Gasteiger partial charge in [-0.15, -0.1) is 6.58 Å². The number of aliphatic hydroxyl groups excluding tert-OH is 1. The highest BCUT2D eigenvalue weighted by Crippen LogP contribution is 2.29. The van der Waals surface area contributed by atoms with Crippen molar-refractivity contribution < 1.29 is 24.1 Å². The van der Waals surface area contributed by atoms with E-state index in [0.717, 1.165) is 0 Å².